The number of nitrogens with one attached hydrogen (secondary N) is 2. The Kier molecular flexibility index (Phi) is 7.74. The number of rotatable bonds is 5. The van der Waals surface area contributed by atoms with Crippen molar-refractivity contribution in [3.8, 4) is 0 Å². The second kappa shape index (κ2) is 10.3. The van der Waals surface area contributed by atoms with Gasteiger partial charge in [0.05, 0.1) is 12.6 Å². The molecule has 0 bridgehead atoms. The first kappa shape index (κ1) is 21.9. The summed E-state index contributed by atoms with van der Waals surface area (Å²) in [6, 6.07) is 9.01. The Morgan fingerprint density at radius 3 is 2.72 bits per heavy atom. The average Bonchev–Trinajstić information content (AvgIpc) is 3.41. The van der Waals surface area contributed by atoms with Crippen LogP contribution in [0.25, 0.3) is 0 Å². The highest BCUT2D eigenvalue weighted by Gasteiger charge is 2.17. The SMILES string of the molecule is CN=C(NCc1nnc2n1CCCC2)NC(C)c1cccc(N2CCCC2)c1.I. The fraction of sp³-hybridized carbons (Fsp3) is 0.571. The molecule has 1 atom stereocenters. The second-order valence-electron chi connectivity index (χ2n) is 7.72. The Bertz CT molecular complexity index is 826. The Labute approximate surface area is 190 Å². The van der Waals surface area contributed by atoms with Gasteiger partial charge in [-0.05, 0) is 50.3 Å². The minimum Gasteiger partial charge on any atom is -0.372 e. The standard InChI is InChI=1S/C21H31N7.HI/c1-16(17-8-7-9-18(14-17)27-11-5-6-12-27)24-21(22-2)23-15-20-26-25-19-10-3-4-13-28(19)20;/h7-9,14,16H,3-6,10-13,15H2,1-2H3,(H2,22,23,24);1H. The molecule has 0 radical (unpaired) electrons. The summed E-state index contributed by atoms with van der Waals surface area (Å²) in [6.45, 7) is 6.15. The van der Waals surface area contributed by atoms with E-state index in [9.17, 15) is 0 Å². The normalized spacial score (nSPS) is 17.4. The van der Waals surface area contributed by atoms with E-state index in [4.69, 9.17) is 0 Å². The number of halogens is 1. The molecule has 2 aliphatic rings. The number of nitrogens with zero attached hydrogens (tertiary/aromatic N) is 5. The molecule has 1 saturated heterocycles. The number of guanidine groups is 1. The van der Waals surface area contributed by atoms with Gasteiger partial charge in [0, 0.05) is 38.8 Å². The molecule has 1 aromatic carbocycles. The molecule has 7 nitrogen and oxygen atoms in total. The van der Waals surface area contributed by atoms with Gasteiger partial charge in [-0.1, -0.05) is 12.1 Å². The van der Waals surface area contributed by atoms with Crippen LogP contribution in [0.5, 0.6) is 0 Å². The van der Waals surface area contributed by atoms with Crippen molar-refractivity contribution in [2.45, 2.75) is 58.2 Å². The van der Waals surface area contributed by atoms with Crippen LogP contribution in [0.2, 0.25) is 0 Å². The van der Waals surface area contributed by atoms with Crippen LogP contribution in [0.4, 0.5) is 5.69 Å². The van der Waals surface area contributed by atoms with Crippen LogP contribution >= 0.6 is 24.0 Å². The number of aromatic nitrogens is 3. The summed E-state index contributed by atoms with van der Waals surface area (Å²) in [4.78, 5) is 6.86. The van der Waals surface area contributed by atoms with Crippen molar-refractivity contribution in [3.05, 3.63) is 41.5 Å². The molecule has 2 N–H and O–H groups in total. The van der Waals surface area contributed by atoms with Crippen LogP contribution in [0, 0.1) is 0 Å². The third-order valence-corrected chi connectivity index (χ3v) is 5.77. The molecule has 4 rings (SSSR count). The van der Waals surface area contributed by atoms with Gasteiger partial charge in [0.2, 0.25) is 0 Å². The molecule has 1 unspecified atom stereocenters. The minimum absolute atomic E-state index is 0. The Morgan fingerprint density at radius 2 is 1.93 bits per heavy atom. The van der Waals surface area contributed by atoms with Crippen molar-refractivity contribution in [2.75, 3.05) is 25.0 Å². The smallest absolute Gasteiger partial charge is 0.191 e. The fourth-order valence-corrected chi connectivity index (χ4v) is 4.11. The molecular formula is C21H32IN7. The molecule has 8 heteroatoms. The number of fused-ring (bicyclic) bond motifs is 1. The molecule has 2 aromatic rings. The number of anilines is 1. The van der Waals surface area contributed by atoms with Crippen molar-refractivity contribution in [1.29, 1.82) is 0 Å². The van der Waals surface area contributed by atoms with E-state index in [1.807, 2.05) is 7.05 Å². The monoisotopic (exact) mass is 509 g/mol. The summed E-state index contributed by atoms with van der Waals surface area (Å²) in [7, 11) is 1.81. The minimum atomic E-state index is 0. The maximum absolute atomic E-state index is 4.39. The van der Waals surface area contributed by atoms with E-state index in [1.165, 1.54) is 36.9 Å². The van der Waals surface area contributed by atoms with Crippen molar-refractivity contribution < 1.29 is 0 Å². The first-order chi connectivity index (χ1) is 13.7. The van der Waals surface area contributed by atoms with Gasteiger partial charge in [0.25, 0.3) is 0 Å². The zero-order valence-electron chi connectivity index (χ0n) is 17.4. The van der Waals surface area contributed by atoms with Crippen molar-refractivity contribution in [1.82, 2.24) is 25.4 Å². The number of benzene rings is 1. The number of aryl methyl sites for hydroxylation is 1. The molecule has 1 fully saturated rings. The lowest BCUT2D eigenvalue weighted by Gasteiger charge is -2.22. The molecule has 29 heavy (non-hydrogen) atoms. The van der Waals surface area contributed by atoms with Gasteiger partial charge >= 0.3 is 0 Å². The van der Waals surface area contributed by atoms with Gasteiger partial charge in [0.15, 0.2) is 11.8 Å². The van der Waals surface area contributed by atoms with E-state index in [1.54, 1.807) is 0 Å². The molecule has 1 aromatic heterocycles. The highest BCUT2D eigenvalue weighted by atomic mass is 127. The lowest BCUT2D eigenvalue weighted by molar-refractivity contribution is 0.504. The third-order valence-electron chi connectivity index (χ3n) is 5.77. The maximum atomic E-state index is 4.39. The van der Waals surface area contributed by atoms with E-state index < -0.39 is 0 Å². The number of aliphatic imine (C=N–C) groups is 1. The molecular weight excluding hydrogens is 477 g/mol. The lowest BCUT2D eigenvalue weighted by Crippen LogP contribution is -2.39. The number of hydrogen-bond acceptors (Lipinski definition) is 4. The van der Waals surface area contributed by atoms with Gasteiger partial charge in [-0.25, -0.2) is 0 Å². The summed E-state index contributed by atoms with van der Waals surface area (Å²) < 4.78 is 2.24. The molecule has 0 aliphatic carbocycles. The molecule has 0 spiro atoms. The summed E-state index contributed by atoms with van der Waals surface area (Å²) in [5, 5.41) is 15.6. The fourth-order valence-electron chi connectivity index (χ4n) is 4.11. The van der Waals surface area contributed by atoms with E-state index in [0.717, 1.165) is 43.7 Å². The Balaban J connectivity index is 0.00000240. The highest BCUT2D eigenvalue weighted by Crippen LogP contribution is 2.24. The van der Waals surface area contributed by atoms with Crippen LogP contribution in [0.3, 0.4) is 0 Å². The summed E-state index contributed by atoms with van der Waals surface area (Å²) >= 11 is 0. The second-order valence-corrected chi connectivity index (χ2v) is 7.72. The molecule has 2 aliphatic heterocycles. The van der Waals surface area contributed by atoms with Crippen LogP contribution in [0.1, 0.15) is 55.9 Å². The van der Waals surface area contributed by atoms with Crippen LogP contribution in [-0.4, -0.2) is 40.9 Å². The van der Waals surface area contributed by atoms with Crippen LogP contribution < -0.4 is 15.5 Å². The van der Waals surface area contributed by atoms with Crippen LogP contribution in [0.15, 0.2) is 29.3 Å². The van der Waals surface area contributed by atoms with Gasteiger partial charge in [-0.2, -0.15) is 0 Å². The average molecular weight is 509 g/mol. The zero-order chi connectivity index (χ0) is 19.3. The van der Waals surface area contributed by atoms with Crippen molar-refractivity contribution in [3.63, 3.8) is 0 Å². The highest BCUT2D eigenvalue weighted by molar-refractivity contribution is 14.0. The van der Waals surface area contributed by atoms with E-state index in [0.29, 0.717) is 6.54 Å². The summed E-state index contributed by atoms with van der Waals surface area (Å²) in [5.74, 6) is 2.88. The van der Waals surface area contributed by atoms with E-state index in [-0.39, 0.29) is 30.0 Å². The zero-order valence-corrected chi connectivity index (χ0v) is 19.7. The molecule has 158 valence electrons. The van der Waals surface area contributed by atoms with Gasteiger partial charge in [-0.3, -0.25) is 4.99 Å². The number of hydrogen-bond donors (Lipinski definition) is 2. The Hall–Kier alpha value is -1.84. The van der Waals surface area contributed by atoms with E-state index in [2.05, 4.69) is 66.5 Å². The predicted octanol–water partition coefficient (Wildman–Crippen LogP) is 3.26. The summed E-state index contributed by atoms with van der Waals surface area (Å²) in [6.07, 6.45) is 6.03. The first-order valence-electron chi connectivity index (χ1n) is 10.5. The molecule has 0 saturated carbocycles. The molecule has 3 heterocycles. The van der Waals surface area contributed by atoms with Gasteiger partial charge in [-0.15, -0.1) is 34.2 Å². The third kappa shape index (κ3) is 5.21. The maximum Gasteiger partial charge on any atom is 0.191 e. The molecule has 0 amide bonds. The van der Waals surface area contributed by atoms with Gasteiger partial charge in [0.1, 0.15) is 5.82 Å². The van der Waals surface area contributed by atoms with E-state index >= 15 is 0 Å². The van der Waals surface area contributed by atoms with Crippen molar-refractivity contribution >= 4 is 35.6 Å². The topological polar surface area (TPSA) is 70.4 Å². The Morgan fingerprint density at radius 1 is 1.14 bits per heavy atom. The largest absolute Gasteiger partial charge is 0.372 e. The first-order valence-corrected chi connectivity index (χ1v) is 10.5. The van der Waals surface area contributed by atoms with Crippen molar-refractivity contribution in [2.24, 2.45) is 4.99 Å². The lowest BCUT2D eigenvalue weighted by atomic mass is 10.1. The van der Waals surface area contributed by atoms with Gasteiger partial charge < -0.3 is 20.1 Å². The quantitative estimate of drug-likeness (QED) is 0.368. The summed E-state index contributed by atoms with van der Waals surface area (Å²) in [5.41, 5.74) is 2.59. The van der Waals surface area contributed by atoms with Crippen LogP contribution in [-0.2, 0) is 19.5 Å². The predicted molar refractivity (Wildman–Crippen MR) is 128 cm³/mol.